The molecule has 1 heterocycles. The summed E-state index contributed by atoms with van der Waals surface area (Å²) in [6, 6.07) is 5.01. The smallest absolute Gasteiger partial charge is 0.187 e. The zero-order valence-corrected chi connectivity index (χ0v) is 11.5. The third-order valence-electron chi connectivity index (χ3n) is 2.45. The highest BCUT2D eigenvalue weighted by Gasteiger charge is 2.17. The van der Waals surface area contributed by atoms with Crippen molar-refractivity contribution in [3.63, 3.8) is 0 Å². The molecule has 2 rings (SSSR count). The first kappa shape index (κ1) is 12.8. The quantitative estimate of drug-likeness (QED) is 0.946. The van der Waals surface area contributed by atoms with E-state index in [2.05, 4.69) is 31.2 Å². The first-order valence-electron chi connectivity index (χ1n) is 5.20. The molecule has 18 heavy (non-hydrogen) atoms. The van der Waals surface area contributed by atoms with E-state index in [0.717, 1.165) is 0 Å². The molecule has 0 bridgehead atoms. The number of rotatable bonds is 3. The Balaban J connectivity index is 2.67. The Morgan fingerprint density at radius 1 is 1.33 bits per heavy atom. The fourth-order valence-corrected chi connectivity index (χ4v) is 1.99. The Bertz CT molecular complexity index is 577. The fraction of sp³-hybridized carbons (Fsp3) is 0.167. The standard InChI is InChI=1S/C12H11BrFN3O/c1-15-12-11(18-2)10(16-6-17-12)7-4-3-5-8(13)9(7)14/h3-6H,1-2H3,(H,15,16,17). The molecule has 2 aromatic rings. The van der Waals surface area contributed by atoms with Crippen LogP contribution in [-0.4, -0.2) is 24.1 Å². The van der Waals surface area contributed by atoms with Gasteiger partial charge in [-0.05, 0) is 28.1 Å². The van der Waals surface area contributed by atoms with Gasteiger partial charge in [0.2, 0.25) is 0 Å². The minimum absolute atomic E-state index is 0.361. The minimum atomic E-state index is -0.378. The van der Waals surface area contributed by atoms with Crippen LogP contribution in [0.25, 0.3) is 11.3 Å². The van der Waals surface area contributed by atoms with Crippen LogP contribution in [0.4, 0.5) is 10.2 Å². The molecule has 0 saturated heterocycles. The fourth-order valence-electron chi connectivity index (χ4n) is 1.62. The molecule has 0 aliphatic carbocycles. The molecule has 1 aromatic carbocycles. The van der Waals surface area contributed by atoms with Crippen molar-refractivity contribution >= 4 is 21.7 Å². The van der Waals surface area contributed by atoms with Crippen molar-refractivity contribution in [2.75, 3.05) is 19.5 Å². The number of hydrogen-bond acceptors (Lipinski definition) is 4. The predicted molar refractivity (Wildman–Crippen MR) is 71.2 cm³/mol. The number of hydrogen-bond donors (Lipinski definition) is 1. The van der Waals surface area contributed by atoms with Crippen LogP contribution in [0.5, 0.6) is 5.75 Å². The third kappa shape index (κ3) is 2.15. The topological polar surface area (TPSA) is 47.0 Å². The number of nitrogens with one attached hydrogen (secondary N) is 1. The van der Waals surface area contributed by atoms with Gasteiger partial charge in [0.05, 0.1) is 11.6 Å². The van der Waals surface area contributed by atoms with Crippen molar-refractivity contribution in [1.82, 2.24) is 9.97 Å². The molecule has 0 atom stereocenters. The molecule has 0 saturated carbocycles. The Hall–Kier alpha value is -1.69. The molecule has 0 amide bonds. The minimum Gasteiger partial charge on any atom is -0.491 e. The molecule has 0 radical (unpaired) electrons. The number of anilines is 1. The lowest BCUT2D eigenvalue weighted by atomic mass is 10.1. The van der Waals surface area contributed by atoms with Crippen molar-refractivity contribution in [3.8, 4) is 17.0 Å². The molecule has 0 aliphatic heterocycles. The van der Waals surface area contributed by atoms with Gasteiger partial charge in [0, 0.05) is 12.6 Å². The number of benzene rings is 1. The maximum absolute atomic E-state index is 14.1. The normalized spacial score (nSPS) is 10.2. The van der Waals surface area contributed by atoms with E-state index in [9.17, 15) is 4.39 Å². The second-order valence-electron chi connectivity index (χ2n) is 3.46. The van der Waals surface area contributed by atoms with E-state index in [0.29, 0.717) is 27.3 Å². The van der Waals surface area contributed by atoms with Crippen molar-refractivity contribution < 1.29 is 9.13 Å². The number of halogens is 2. The molecule has 0 unspecified atom stereocenters. The van der Waals surface area contributed by atoms with E-state index >= 15 is 0 Å². The second-order valence-corrected chi connectivity index (χ2v) is 4.31. The Morgan fingerprint density at radius 2 is 2.11 bits per heavy atom. The molecule has 1 aromatic heterocycles. The summed E-state index contributed by atoms with van der Waals surface area (Å²) in [6.45, 7) is 0. The maximum atomic E-state index is 14.1. The van der Waals surface area contributed by atoms with Crippen molar-refractivity contribution in [2.24, 2.45) is 0 Å². The van der Waals surface area contributed by atoms with Gasteiger partial charge in [-0.25, -0.2) is 14.4 Å². The lowest BCUT2D eigenvalue weighted by Gasteiger charge is -2.12. The molecule has 4 nitrogen and oxygen atoms in total. The van der Waals surface area contributed by atoms with Crippen LogP contribution in [0.15, 0.2) is 29.0 Å². The van der Waals surface area contributed by atoms with Gasteiger partial charge in [-0.3, -0.25) is 0 Å². The van der Waals surface area contributed by atoms with Gasteiger partial charge < -0.3 is 10.1 Å². The summed E-state index contributed by atoms with van der Waals surface area (Å²) in [5, 5.41) is 2.88. The van der Waals surface area contributed by atoms with Crippen LogP contribution < -0.4 is 10.1 Å². The average Bonchev–Trinajstić information content (AvgIpc) is 2.41. The summed E-state index contributed by atoms with van der Waals surface area (Å²) in [6.07, 6.45) is 1.37. The van der Waals surface area contributed by atoms with Crippen LogP contribution >= 0.6 is 15.9 Å². The first-order chi connectivity index (χ1) is 8.69. The van der Waals surface area contributed by atoms with Gasteiger partial charge in [0.15, 0.2) is 11.6 Å². The number of methoxy groups -OCH3 is 1. The zero-order valence-electron chi connectivity index (χ0n) is 9.87. The van der Waals surface area contributed by atoms with Gasteiger partial charge >= 0.3 is 0 Å². The largest absolute Gasteiger partial charge is 0.491 e. The van der Waals surface area contributed by atoms with E-state index in [1.54, 1.807) is 25.2 Å². The van der Waals surface area contributed by atoms with Gasteiger partial charge in [0.1, 0.15) is 17.8 Å². The van der Waals surface area contributed by atoms with E-state index in [4.69, 9.17) is 4.74 Å². The number of ether oxygens (including phenoxy) is 1. The predicted octanol–water partition coefficient (Wildman–Crippen LogP) is 3.10. The molecule has 6 heteroatoms. The van der Waals surface area contributed by atoms with Crippen LogP contribution in [-0.2, 0) is 0 Å². The second kappa shape index (κ2) is 5.30. The maximum Gasteiger partial charge on any atom is 0.187 e. The van der Waals surface area contributed by atoms with Crippen molar-refractivity contribution in [2.45, 2.75) is 0 Å². The highest BCUT2D eigenvalue weighted by Crippen LogP contribution is 2.35. The summed E-state index contributed by atoms with van der Waals surface area (Å²) in [5.74, 6) is 0.551. The Kier molecular flexibility index (Phi) is 3.76. The van der Waals surface area contributed by atoms with Crippen molar-refractivity contribution in [3.05, 3.63) is 34.8 Å². The number of aromatic nitrogens is 2. The van der Waals surface area contributed by atoms with E-state index in [1.807, 2.05) is 0 Å². The summed E-state index contributed by atoms with van der Waals surface area (Å²) < 4.78 is 19.7. The molecule has 94 valence electrons. The lowest BCUT2D eigenvalue weighted by molar-refractivity contribution is 0.414. The first-order valence-corrected chi connectivity index (χ1v) is 5.99. The van der Waals surface area contributed by atoms with E-state index in [1.165, 1.54) is 13.4 Å². The molecular formula is C12H11BrFN3O. The van der Waals surface area contributed by atoms with Gasteiger partial charge in [-0.15, -0.1) is 0 Å². The van der Waals surface area contributed by atoms with Crippen molar-refractivity contribution in [1.29, 1.82) is 0 Å². The number of nitrogens with zero attached hydrogens (tertiary/aromatic N) is 2. The van der Waals surface area contributed by atoms with Gasteiger partial charge in [0.25, 0.3) is 0 Å². The summed E-state index contributed by atoms with van der Waals surface area (Å²) in [4.78, 5) is 8.12. The van der Waals surface area contributed by atoms with E-state index in [-0.39, 0.29) is 5.82 Å². The molecule has 0 spiro atoms. The van der Waals surface area contributed by atoms with Crippen LogP contribution in [0, 0.1) is 5.82 Å². The van der Waals surface area contributed by atoms with Gasteiger partial charge in [-0.2, -0.15) is 0 Å². The Morgan fingerprint density at radius 3 is 2.78 bits per heavy atom. The SMILES string of the molecule is CNc1ncnc(-c2cccc(Br)c2F)c1OC. The Labute approximate surface area is 112 Å². The molecular weight excluding hydrogens is 301 g/mol. The highest BCUT2D eigenvalue weighted by atomic mass is 79.9. The van der Waals surface area contributed by atoms with Gasteiger partial charge in [-0.1, -0.05) is 6.07 Å². The summed E-state index contributed by atoms with van der Waals surface area (Å²) >= 11 is 3.15. The van der Waals surface area contributed by atoms with E-state index < -0.39 is 0 Å². The van der Waals surface area contributed by atoms with Crippen LogP contribution in [0.3, 0.4) is 0 Å². The lowest BCUT2D eigenvalue weighted by Crippen LogP contribution is -2.01. The third-order valence-corrected chi connectivity index (χ3v) is 3.06. The molecule has 1 N–H and O–H groups in total. The molecule has 0 aliphatic rings. The van der Waals surface area contributed by atoms with Crippen LogP contribution in [0.2, 0.25) is 0 Å². The summed E-state index contributed by atoms with van der Waals surface area (Å²) in [7, 11) is 3.21. The average molecular weight is 312 g/mol. The monoisotopic (exact) mass is 311 g/mol. The molecule has 0 fully saturated rings. The highest BCUT2D eigenvalue weighted by molar-refractivity contribution is 9.10. The van der Waals surface area contributed by atoms with Crippen LogP contribution in [0.1, 0.15) is 0 Å². The zero-order chi connectivity index (χ0) is 13.1. The summed E-state index contributed by atoms with van der Waals surface area (Å²) in [5.41, 5.74) is 0.774.